The Bertz CT molecular complexity index is 697. The van der Waals surface area contributed by atoms with Crippen LogP contribution in [-0.4, -0.2) is 17.1 Å². The molecule has 1 aliphatic rings. The van der Waals surface area contributed by atoms with Gasteiger partial charge in [0.25, 0.3) is 0 Å². The average molecular weight is 388 g/mol. The monoisotopic (exact) mass is 387 g/mol. The van der Waals surface area contributed by atoms with Crippen molar-refractivity contribution < 1.29 is 0 Å². The number of hydrogen-bond acceptors (Lipinski definition) is 3. The van der Waals surface area contributed by atoms with Crippen molar-refractivity contribution in [2.24, 2.45) is 17.2 Å². The Kier molecular flexibility index (Phi) is 5.93. The van der Waals surface area contributed by atoms with Gasteiger partial charge in [-0.15, -0.1) is 0 Å². The summed E-state index contributed by atoms with van der Waals surface area (Å²) in [6.45, 7) is 20.2. The van der Waals surface area contributed by atoms with Gasteiger partial charge in [0, 0.05) is 17.1 Å². The van der Waals surface area contributed by atoms with Gasteiger partial charge < -0.3 is 17.2 Å². The molecule has 1 saturated carbocycles. The van der Waals surface area contributed by atoms with Crippen molar-refractivity contribution in [1.82, 2.24) is 0 Å². The molecule has 0 amide bonds. The molecule has 1 aromatic rings. The zero-order valence-corrected chi connectivity index (χ0v) is 19.9. The minimum Gasteiger partial charge on any atom is -0.328 e. The highest BCUT2D eigenvalue weighted by Crippen LogP contribution is 2.52. The minimum atomic E-state index is -0.203. The lowest BCUT2D eigenvalue weighted by molar-refractivity contribution is 0.135. The third-order valence-electron chi connectivity index (χ3n) is 6.50. The lowest BCUT2D eigenvalue weighted by Crippen LogP contribution is -2.57. The largest absolute Gasteiger partial charge is 0.328 e. The molecule has 2 rings (SSSR count). The summed E-state index contributed by atoms with van der Waals surface area (Å²) >= 11 is 0. The fraction of sp³-hybridized carbons (Fsp3) is 0.760. The Balaban J connectivity index is 2.56. The molecule has 3 nitrogen and oxygen atoms in total. The van der Waals surface area contributed by atoms with Crippen LogP contribution in [0.25, 0.3) is 0 Å². The first kappa shape index (κ1) is 23.4. The molecule has 0 aromatic heterocycles. The van der Waals surface area contributed by atoms with Gasteiger partial charge in [0.2, 0.25) is 0 Å². The molecule has 0 bridgehead atoms. The van der Waals surface area contributed by atoms with Gasteiger partial charge >= 0.3 is 0 Å². The number of benzene rings is 1. The molecule has 0 saturated heterocycles. The van der Waals surface area contributed by atoms with E-state index < -0.39 is 0 Å². The molecule has 1 atom stereocenters. The highest BCUT2D eigenvalue weighted by atomic mass is 14.8. The van der Waals surface area contributed by atoms with Gasteiger partial charge in [0.15, 0.2) is 0 Å². The molecule has 0 radical (unpaired) electrons. The second-order valence-corrected chi connectivity index (χ2v) is 12.4. The summed E-state index contributed by atoms with van der Waals surface area (Å²) in [5.41, 5.74) is 23.2. The first-order chi connectivity index (χ1) is 12.4. The first-order valence-electron chi connectivity index (χ1n) is 10.9. The zero-order valence-electron chi connectivity index (χ0n) is 19.9. The Morgan fingerprint density at radius 3 is 1.96 bits per heavy atom. The molecule has 1 fully saturated rings. The van der Waals surface area contributed by atoms with Crippen molar-refractivity contribution in [3.63, 3.8) is 0 Å². The van der Waals surface area contributed by atoms with Crippen LogP contribution in [0.1, 0.15) is 105 Å². The van der Waals surface area contributed by atoms with Crippen molar-refractivity contribution in [3.05, 3.63) is 34.9 Å². The number of nitrogens with two attached hydrogens (primary N) is 3. The molecular formula is C25H45N3. The number of rotatable bonds is 7. The van der Waals surface area contributed by atoms with Crippen molar-refractivity contribution in [1.29, 1.82) is 0 Å². The maximum atomic E-state index is 6.41. The van der Waals surface area contributed by atoms with E-state index in [2.05, 4.69) is 80.5 Å². The molecule has 0 heterocycles. The van der Waals surface area contributed by atoms with E-state index in [0.717, 1.165) is 25.7 Å². The first-order valence-corrected chi connectivity index (χ1v) is 10.9. The van der Waals surface area contributed by atoms with Gasteiger partial charge in [-0.2, -0.15) is 0 Å². The Hall–Kier alpha value is -0.900. The lowest BCUT2D eigenvalue weighted by atomic mass is 9.54. The molecule has 160 valence electrons. The molecule has 28 heavy (non-hydrogen) atoms. The topological polar surface area (TPSA) is 78.1 Å². The van der Waals surface area contributed by atoms with Crippen LogP contribution in [0, 0.1) is 0 Å². The summed E-state index contributed by atoms with van der Waals surface area (Å²) in [6.07, 6.45) is 3.95. The van der Waals surface area contributed by atoms with Crippen LogP contribution in [-0.2, 0) is 16.2 Å². The summed E-state index contributed by atoms with van der Waals surface area (Å²) in [5, 5.41) is 0. The van der Waals surface area contributed by atoms with Gasteiger partial charge in [0.1, 0.15) is 0 Å². The van der Waals surface area contributed by atoms with E-state index in [4.69, 9.17) is 17.2 Å². The van der Waals surface area contributed by atoms with E-state index in [1.165, 1.54) is 16.7 Å². The smallest absolute Gasteiger partial charge is 0.0142 e. The minimum absolute atomic E-state index is 0.0113. The summed E-state index contributed by atoms with van der Waals surface area (Å²) in [4.78, 5) is 0. The van der Waals surface area contributed by atoms with E-state index in [1.54, 1.807) is 0 Å². The van der Waals surface area contributed by atoms with Crippen LogP contribution in [0.4, 0.5) is 0 Å². The van der Waals surface area contributed by atoms with Crippen LogP contribution in [0.5, 0.6) is 0 Å². The van der Waals surface area contributed by atoms with Crippen molar-refractivity contribution >= 4 is 0 Å². The van der Waals surface area contributed by atoms with Gasteiger partial charge in [0.05, 0.1) is 0 Å². The molecule has 1 unspecified atom stereocenters. The van der Waals surface area contributed by atoms with Crippen LogP contribution in [0.15, 0.2) is 18.2 Å². The van der Waals surface area contributed by atoms with Crippen LogP contribution in [0.2, 0.25) is 0 Å². The molecule has 6 N–H and O–H groups in total. The second kappa shape index (κ2) is 7.11. The van der Waals surface area contributed by atoms with E-state index in [9.17, 15) is 0 Å². The second-order valence-electron chi connectivity index (χ2n) is 12.4. The molecular weight excluding hydrogens is 342 g/mol. The normalized spacial score (nSPS) is 27.4. The van der Waals surface area contributed by atoms with E-state index in [0.29, 0.717) is 0 Å². The standard InChI is InChI=1S/C25H45N3/c1-17(26)13-21(2,3)20-12-18(22(4,5)14-23(6,7)27)10-11-19(20)24(8)15-25(9,28)16-24/h10-12,17H,13-16,26-28H2,1-9H3. The molecule has 0 spiro atoms. The summed E-state index contributed by atoms with van der Waals surface area (Å²) in [7, 11) is 0. The maximum absolute atomic E-state index is 6.41. The van der Waals surface area contributed by atoms with Crippen LogP contribution in [0.3, 0.4) is 0 Å². The van der Waals surface area contributed by atoms with Gasteiger partial charge in [-0.25, -0.2) is 0 Å². The van der Waals surface area contributed by atoms with Crippen molar-refractivity contribution in [2.45, 2.75) is 121 Å². The van der Waals surface area contributed by atoms with Crippen molar-refractivity contribution in [2.75, 3.05) is 0 Å². The third kappa shape index (κ3) is 5.17. The zero-order chi connectivity index (χ0) is 21.8. The summed E-state index contributed by atoms with van der Waals surface area (Å²) < 4.78 is 0. The fourth-order valence-electron chi connectivity index (χ4n) is 6.13. The van der Waals surface area contributed by atoms with E-state index in [1.807, 2.05) is 0 Å². The van der Waals surface area contributed by atoms with Gasteiger partial charge in [-0.3, -0.25) is 0 Å². The quantitative estimate of drug-likeness (QED) is 0.624. The SMILES string of the molecule is CC(N)CC(C)(C)c1cc(C(C)(C)CC(C)(C)N)ccc1C1(C)CC(C)(N)C1. The maximum Gasteiger partial charge on any atom is 0.0142 e. The average Bonchev–Trinajstić information content (AvgIpc) is 2.40. The summed E-state index contributed by atoms with van der Waals surface area (Å²) in [6, 6.07) is 7.30. The highest BCUT2D eigenvalue weighted by molar-refractivity contribution is 5.46. The fourth-order valence-corrected chi connectivity index (χ4v) is 6.13. The van der Waals surface area contributed by atoms with Crippen LogP contribution >= 0.6 is 0 Å². The number of hydrogen-bond donors (Lipinski definition) is 3. The van der Waals surface area contributed by atoms with Gasteiger partial charge in [-0.1, -0.05) is 52.8 Å². The van der Waals surface area contributed by atoms with E-state index >= 15 is 0 Å². The predicted octanol–water partition coefficient (Wildman–Crippen LogP) is 4.88. The van der Waals surface area contributed by atoms with Gasteiger partial charge in [-0.05, 0) is 86.3 Å². The molecule has 3 heteroatoms. The Labute approximate surface area is 173 Å². The molecule has 1 aliphatic carbocycles. The highest BCUT2D eigenvalue weighted by Gasteiger charge is 2.49. The van der Waals surface area contributed by atoms with E-state index in [-0.39, 0.29) is 33.4 Å². The molecule has 0 aliphatic heterocycles. The molecule has 1 aromatic carbocycles. The van der Waals surface area contributed by atoms with Crippen LogP contribution < -0.4 is 17.2 Å². The Morgan fingerprint density at radius 2 is 1.54 bits per heavy atom. The Morgan fingerprint density at radius 1 is 1.00 bits per heavy atom. The lowest BCUT2D eigenvalue weighted by Gasteiger charge is -2.53. The predicted molar refractivity (Wildman–Crippen MR) is 123 cm³/mol. The van der Waals surface area contributed by atoms with Crippen molar-refractivity contribution in [3.8, 4) is 0 Å². The summed E-state index contributed by atoms with van der Waals surface area (Å²) in [5.74, 6) is 0. The third-order valence-corrected chi connectivity index (χ3v) is 6.50.